The topological polar surface area (TPSA) is 122 Å². The zero-order valence-electron chi connectivity index (χ0n) is 20.7. The van der Waals surface area contributed by atoms with Crippen molar-refractivity contribution in [1.29, 1.82) is 0 Å². The Bertz CT molecular complexity index is 1250. The second-order valence-corrected chi connectivity index (χ2v) is 9.49. The Hall–Kier alpha value is -3.65. The van der Waals surface area contributed by atoms with Crippen LogP contribution in [0.25, 0.3) is 0 Å². The van der Waals surface area contributed by atoms with Gasteiger partial charge in [-0.1, -0.05) is 12.1 Å². The molecule has 0 aliphatic carbocycles. The number of nitrogens with zero attached hydrogens (tertiary/aromatic N) is 6. The normalized spacial score (nSPS) is 17.8. The number of benzene rings is 1. The third-order valence-corrected chi connectivity index (χ3v) is 6.79. The molecule has 0 radical (unpaired) electrons. The van der Waals surface area contributed by atoms with E-state index in [1.165, 1.54) is 12.1 Å². The maximum atomic E-state index is 12.7. The molecule has 0 saturated heterocycles. The van der Waals surface area contributed by atoms with Gasteiger partial charge in [0.2, 0.25) is 0 Å². The lowest BCUT2D eigenvalue weighted by Crippen LogP contribution is -2.46. The fourth-order valence-electron chi connectivity index (χ4n) is 4.56. The van der Waals surface area contributed by atoms with Crippen LogP contribution in [0.2, 0.25) is 0 Å². The number of alkyl halides is 3. The minimum Gasteiger partial charge on any atom is -0.484 e. The van der Waals surface area contributed by atoms with Crippen LogP contribution in [-0.2, 0) is 43.0 Å². The summed E-state index contributed by atoms with van der Waals surface area (Å²) in [7, 11) is 0. The quantitative estimate of drug-likeness (QED) is 0.494. The molecule has 14 heteroatoms. The lowest BCUT2D eigenvalue weighted by atomic mass is 10.0. The number of aliphatic hydroxyl groups is 1. The van der Waals surface area contributed by atoms with E-state index in [2.05, 4.69) is 25.2 Å². The Balaban J connectivity index is 1.13. The zero-order valence-corrected chi connectivity index (χ0v) is 20.7. The van der Waals surface area contributed by atoms with Crippen molar-refractivity contribution in [2.45, 2.75) is 51.4 Å². The standard InChI is InChI=1S/C24H28F3N7O4/c1-23(36,33-9-7-19-20(13-33)29-31-28-19)21-12-17-6-8-32(10-11-34(17)30-21)22(35)37-14-16-2-4-18(5-3-16)38-15-24(25,26)27/h2-5,12,36H,6-11,13-15H2,1H3,(H,28,29,31). The molecule has 11 nitrogen and oxygen atoms in total. The number of halogens is 3. The van der Waals surface area contributed by atoms with E-state index >= 15 is 0 Å². The van der Waals surface area contributed by atoms with Crippen molar-refractivity contribution >= 4 is 6.09 Å². The van der Waals surface area contributed by atoms with Crippen LogP contribution in [0.3, 0.4) is 0 Å². The summed E-state index contributed by atoms with van der Waals surface area (Å²) in [4.78, 5) is 16.2. The highest BCUT2D eigenvalue weighted by Gasteiger charge is 2.38. The number of H-pyrrole nitrogens is 1. The van der Waals surface area contributed by atoms with Crippen LogP contribution in [0.15, 0.2) is 30.3 Å². The number of hydrogen-bond acceptors (Lipinski definition) is 8. The van der Waals surface area contributed by atoms with Crippen LogP contribution < -0.4 is 4.74 Å². The summed E-state index contributed by atoms with van der Waals surface area (Å²) in [6, 6.07) is 7.78. The van der Waals surface area contributed by atoms with E-state index in [1.807, 2.05) is 15.6 Å². The first-order valence-corrected chi connectivity index (χ1v) is 12.2. The number of carbonyl (C=O) groups is 1. The molecule has 2 aromatic heterocycles. The van der Waals surface area contributed by atoms with Gasteiger partial charge >= 0.3 is 12.3 Å². The molecular formula is C24H28F3N7O4. The Labute approximate surface area is 216 Å². The predicted octanol–water partition coefficient (Wildman–Crippen LogP) is 2.36. The molecule has 1 aromatic carbocycles. The van der Waals surface area contributed by atoms with E-state index in [0.29, 0.717) is 56.8 Å². The summed E-state index contributed by atoms with van der Waals surface area (Å²) in [6.07, 6.45) is -3.68. The Morgan fingerprint density at radius 2 is 1.84 bits per heavy atom. The molecule has 0 saturated carbocycles. The van der Waals surface area contributed by atoms with Gasteiger partial charge in [-0.25, -0.2) is 4.79 Å². The van der Waals surface area contributed by atoms with E-state index in [0.717, 1.165) is 17.1 Å². The van der Waals surface area contributed by atoms with Gasteiger partial charge < -0.3 is 19.5 Å². The third-order valence-electron chi connectivity index (χ3n) is 6.79. The average molecular weight is 536 g/mol. The van der Waals surface area contributed by atoms with Gasteiger partial charge in [0.05, 0.1) is 17.9 Å². The average Bonchev–Trinajstić information content (AvgIpc) is 3.48. The number of hydrogen-bond donors (Lipinski definition) is 2. The monoisotopic (exact) mass is 535 g/mol. The number of aromatic nitrogens is 5. The highest BCUT2D eigenvalue weighted by Crippen LogP contribution is 2.30. The van der Waals surface area contributed by atoms with Gasteiger partial charge in [0.25, 0.3) is 0 Å². The number of nitrogens with one attached hydrogen (secondary N) is 1. The van der Waals surface area contributed by atoms with Crippen molar-refractivity contribution in [2.75, 3.05) is 26.2 Å². The minimum atomic E-state index is -4.41. The first-order chi connectivity index (χ1) is 18.1. The molecule has 3 aromatic rings. The third kappa shape index (κ3) is 5.75. The molecule has 204 valence electrons. The highest BCUT2D eigenvalue weighted by atomic mass is 19.4. The summed E-state index contributed by atoms with van der Waals surface area (Å²) in [5, 5.41) is 26.9. The largest absolute Gasteiger partial charge is 0.484 e. The lowest BCUT2D eigenvalue weighted by Gasteiger charge is -2.37. The maximum Gasteiger partial charge on any atom is 0.422 e. The van der Waals surface area contributed by atoms with Crippen LogP contribution in [0.1, 0.15) is 35.3 Å². The SMILES string of the molecule is CC(O)(c1cc2n(n1)CCN(C(=O)OCc1ccc(OCC(F)(F)F)cc1)CC2)N1CCc2n[nH]nc2C1. The smallest absolute Gasteiger partial charge is 0.422 e. The van der Waals surface area contributed by atoms with Crippen molar-refractivity contribution in [3.8, 4) is 5.75 Å². The second kappa shape index (κ2) is 10.3. The molecule has 5 rings (SSSR count). The number of ether oxygens (including phenoxy) is 2. The molecule has 1 amide bonds. The molecule has 0 bridgehead atoms. The molecule has 2 N–H and O–H groups in total. The van der Waals surface area contributed by atoms with Crippen molar-refractivity contribution in [2.24, 2.45) is 0 Å². The van der Waals surface area contributed by atoms with Crippen LogP contribution >= 0.6 is 0 Å². The number of amides is 1. The van der Waals surface area contributed by atoms with Crippen molar-refractivity contribution in [3.63, 3.8) is 0 Å². The predicted molar refractivity (Wildman–Crippen MR) is 126 cm³/mol. The number of carbonyl (C=O) groups excluding carboxylic acids is 1. The minimum absolute atomic E-state index is 0.0183. The first-order valence-electron chi connectivity index (χ1n) is 12.2. The van der Waals surface area contributed by atoms with E-state index < -0.39 is 24.6 Å². The Kier molecular flexibility index (Phi) is 7.01. The molecule has 2 aliphatic rings. The van der Waals surface area contributed by atoms with Crippen LogP contribution in [-0.4, -0.2) is 78.6 Å². The molecule has 4 heterocycles. The summed E-state index contributed by atoms with van der Waals surface area (Å²) in [5.74, 6) is 0.0841. The Morgan fingerprint density at radius 1 is 1.08 bits per heavy atom. The van der Waals surface area contributed by atoms with Gasteiger partial charge in [-0.15, -0.1) is 0 Å². The summed E-state index contributed by atoms with van der Waals surface area (Å²) >= 11 is 0. The van der Waals surface area contributed by atoms with E-state index in [4.69, 9.17) is 4.74 Å². The number of fused-ring (bicyclic) bond motifs is 2. The van der Waals surface area contributed by atoms with Crippen LogP contribution in [0, 0.1) is 0 Å². The molecule has 0 fully saturated rings. The van der Waals surface area contributed by atoms with Gasteiger partial charge in [-0.2, -0.15) is 33.7 Å². The fourth-order valence-corrected chi connectivity index (χ4v) is 4.56. The maximum absolute atomic E-state index is 12.7. The van der Waals surface area contributed by atoms with E-state index in [-0.39, 0.29) is 12.4 Å². The van der Waals surface area contributed by atoms with Crippen LogP contribution in [0.5, 0.6) is 5.75 Å². The second-order valence-electron chi connectivity index (χ2n) is 9.49. The molecule has 2 aliphatic heterocycles. The fraction of sp³-hybridized carbons (Fsp3) is 0.500. The van der Waals surface area contributed by atoms with Gasteiger partial charge in [0.15, 0.2) is 12.3 Å². The molecule has 1 atom stereocenters. The molecule has 38 heavy (non-hydrogen) atoms. The number of rotatable bonds is 6. The highest BCUT2D eigenvalue weighted by molar-refractivity contribution is 5.67. The van der Waals surface area contributed by atoms with Crippen molar-refractivity contribution in [1.82, 2.24) is 35.0 Å². The lowest BCUT2D eigenvalue weighted by molar-refractivity contribution is -0.153. The molecule has 1 unspecified atom stereocenters. The van der Waals surface area contributed by atoms with Gasteiger partial charge in [0.1, 0.15) is 18.1 Å². The summed E-state index contributed by atoms with van der Waals surface area (Å²) < 4.78 is 48.7. The Morgan fingerprint density at radius 3 is 2.61 bits per heavy atom. The van der Waals surface area contributed by atoms with Crippen molar-refractivity contribution < 1.29 is 32.5 Å². The van der Waals surface area contributed by atoms with Gasteiger partial charge in [0, 0.05) is 44.7 Å². The summed E-state index contributed by atoms with van der Waals surface area (Å²) in [5.41, 5.74) is 2.51. The van der Waals surface area contributed by atoms with Crippen molar-refractivity contribution in [3.05, 3.63) is 58.7 Å². The molecular weight excluding hydrogens is 507 g/mol. The van der Waals surface area contributed by atoms with Gasteiger partial charge in [-0.3, -0.25) is 9.58 Å². The first kappa shape index (κ1) is 26.0. The molecule has 0 spiro atoms. The van der Waals surface area contributed by atoms with Gasteiger partial charge in [-0.05, 0) is 30.7 Å². The number of aromatic amines is 1. The van der Waals surface area contributed by atoms with E-state index in [1.54, 1.807) is 24.0 Å². The van der Waals surface area contributed by atoms with E-state index in [9.17, 15) is 23.1 Å². The van der Waals surface area contributed by atoms with Crippen LogP contribution in [0.4, 0.5) is 18.0 Å². The zero-order chi connectivity index (χ0) is 26.9. The summed E-state index contributed by atoms with van der Waals surface area (Å²) in [6.45, 7) is 2.66.